The SMILES string of the molecule is COc1ccccc1N1CCN(CCCOC(=O)c2ccccc2O)CC1. The van der Waals surface area contributed by atoms with Crippen molar-refractivity contribution in [3.63, 3.8) is 0 Å². The summed E-state index contributed by atoms with van der Waals surface area (Å²) < 4.78 is 10.7. The number of hydrogen-bond donors (Lipinski definition) is 1. The lowest BCUT2D eigenvalue weighted by molar-refractivity contribution is 0.0484. The van der Waals surface area contributed by atoms with E-state index in [2.05, 4.69) is 15.9 Å². The van der Waals surface area contributed by atoms with Gasteiger partial charge in [0.25, 0.3) is 0 Å². The van der Waals surface area contributed by atoms with Crippen molar-refractivity contribution in [3.8, 4) is 11.5 Å². The molecule has 0 amide bonds. The van der Waals surface area contributed by atoms with Crippen LogP contribution in [0.15, 0.2) is 48.5 Å². The van der Waals surface area contributed by atoms with Crippen LogP contribution in [0, 0.1) is 0 Å². The van der Waals surface area contributed by atoms with Gasteiger partial charge in [-0.2, -0.15) is 0 Å². The molecule has 0 unspecified atom stereocenters. The van der Waals surface area contributed by atoms with Crippen molar-refractivity contribution < 1.29 is 19.4 Å². The zero-order valence-electron chi connectivity index (χ0n) is 15.6. The summed E-state index contributed by atoms with van der Waals surface area (Å²) in [7, 11) is 1.70. The second-order valence-corrected chi connectivity index (χ2v) is 6.51. The van der Waals surface area contributed by atoms with Crippen molar-refractivity contribution in [1.29, 1.82) is 0 Å². The molecule has 27 heavy (non-hydrogen) atoms. The number of piperazine rings is 1. The molecule has 0 aliphatic carbocycles. The average Bonchev–Trinajstić information content (AvgIpc) is 2.72. The number of carbonyl (C=O) groups excluding carboxylic acids is 1. The molecule has 0 atom stereocenters. The highest BCUT2D eigenvalue weighted by atomic mass is 16.5. The van der Waals surface area contributed by atoms with Crippen LogP contribution >= 0.6 is 0 Å². The van der Waals surface area contributed by atoms with Crippen molar-refractivity contribution in [3.05, 3.63) is 54.1 Å². The zero-order chi connectivity index (χ0) is 19.1. The molecule has 144 valence electrons. The van der Waals surface area contributed by atoms with Gasteiger partial charge in [-0.05, 0) is 30.7 Å². The molecule has 6 nitrogen and oxygen atoms in total. The number of hydrogen-bond acceptors (Lipinski definition) is 6. The van der Waals surface area contributed by atoms with Gasteiger partial charge in [-0.3, -0.25) is 4.90 Å². The van der Waals surface area contributed by atoms with Gasteiger partial charge in [-0.1, -0.05) is 24.3 Å². The van der Waals surface area contributed by atoms with Gasteiger partial charge >= 0.3 is 5.97 Å². The third-order valence-corrected chi connectivity index (χ3v) is 4.77. The van der Waals surface area contributed by atoms with E-state index in [0.717, 1.165) is 50.6 Å². The number of rotatable bonds is 7. The lowest BCUT2D eigenvalue weighted by atomic mass is 10.2. The first kappa shape index (κ1) is 19.0. The van der Waals surface area contributed by atoms with Crippen molar-refractivity contribution >= 4 is 11.7 Å². The summed E-state index contributed by atoms with van der Waals surface area (Å²) in [5.74, 6) is 0.381. The summed E-state index contributed by atoms with van der Waals surface area (Å²) in [6, 6.07) is 14.5. The lowest BCUT2D eigenvalue weighted by Gasteiger charge is -2.36. The van der Waals surface area contributed by atoms with Crippen LogP contribution in [-0.4, -0.2) is 62.4 Å². The highest BCUT2D eigenvalue weighted by Gasteiger charge is 2.19. The molecular formula is C21H26N2O4. The molecule has 0 bridgehead atoms. The van der Waals surface area contributed by atoms with Gasteiger partial charge < -0.3 is 19.5 Å². The minimum absolute atomic E-state index is 0.0463. The van der Waals surface area contributed by atoms with Gasteiger partial charge in [0, 0.05) is 32.7 Å². The molecular weight excluding hydrogens is 344 g/mol. The quantitative estimate of drug-likeness (QED) is 0.597. The number of methoxy groups -OCH3 is 1. The number of phenols is 1. The zero-order valence-corrected chi connectivity index (χ0v) is 15.6. The third-order valence-electron chi connectivity index (χ3n) is 4.77. The Balaban J connectivity index is 1.39. The van der Waals surface area contributed by atoms with Gasteiger partial charge in [-0.15, -0.1) is 0 Å². The molecule has 0 spiro atoms. The number of esters is 1. The van der Waals surface area contributed by atoms with Gasteiger partial charge in [0.2, 0.25) is 0 Å². The Bertz CT molecular complexity index is 757. The second-order valence-electron chi connectivity index (χ2n) is 6.51. The Hall–Kier alpha value is -2.73. The van der Waals surface area contributed by atoms with Crippen LogP contribution in [0.3, 0.4) is 0 Å². The Kier molecular flexibility index (Phi) is 6.54. The fourth-order valence-electron chi connectivity index (χ4n) is 3.28. The number of phenolic OH excluding ortho intramolecular Hbond substituents is 1. The molecule has 0 saturated carbocycles. The molecule has 0 radical (unpaired) electrons. The fraction of sp³-hybridized carbons (Fsp3) is 0.381. The first-order valence-electron chi connectivity index (χ1n) is 9.24. The average molecular weight is 370 g/mol. The van der Waals surface area contributed by atoms with E-state index in [1.54, 1.807) is 25.3 Å². The highest BCUT2D eigenvalue weighted by Crippen LogP contribution is 2.28. The highest BCUT2D eigenvalue weighted by molar-refractivity contribution is 5.92. The predicted molar refractivity (Wildman–Crippen MR) is 105 cm³/mol. The van der Waals surface area contributed by atoms with Gasteiger partial charge in [-0.25, -0.2) is 4.79 Å². The number of benzene rings is 2. The monoisotopic (exact) mass is 370 g/mol. The minimum Gasteiger partial charge on any atom is -0.507 e. The maximum atomic E-state index is 12.0. The molecule has 6 heteroatoms. The summed E-state index contributed by atoms with van der Waals surface area (Å²) in [6.45, 7) is 5.04. The van der Waals surface area contributed by atoms with E-state index in [-0.39, 0.29) is 11.3 Å². The molecule has 1 fully saturated rings. The molecule has 1 saturated heterocycles. The molecule has 2 aromatic rings. The Morgan fingerprint density at radius 3 is 2.48 bits per heavy atom. The molecule has 3 rings (SSSR count). The molecule has 0 aromatic heterocycles. The van der Waals surface area contributed by atoms with Crippen LogP contribution in [0.1, 0.15) is 16.8 Å². The Morgan fingerprint density at radius 2 is 1.74 bits per heavy atom. The fourth-order valence-corrected chi connectivity index (χ4v) is 3.28. The predicted octanol–water partition coefficient (Wildman–Crippen LogP) is 2.77. The van der Waals surface area contributed by atoms with Crippen LogP contribution in [0.4, 0.5) is 5.69 Å². The van der Waals surface area contributed by atoms with Crippen LogP contribution < -0.4 is 9.64 Å². The number of ether oxygens (including phenoxy) is 2. The number of para-hydroxylation sites is 3. The van der Waals surface area contributed by atoms with Crippen molar-refractivity contribution in [2.24, 2.45) is 0 Å². The van der Waals surface area contributed by atoms with Crippen molar-refractivity contribution in [1.82, 2.24) is 4.90 Å². The third kappa shape index (κ3) is 4.92. The number of nitrogens with zero attached hydrogens (tertiary/aromatic N) is 2. The number of aromatic hydroxyl groups is 1. The van der Waals surface area contributed by atoms with E-state index in [4.69, 9.17) is 9.47 Å². The van der Waals surface area contributed by atoms with Gasteiger partial charge in [0.05, 0.1) is 19.4 Å². The maximum absolute atomic E-state index is 12.0. The molecule has 1 heterocycles. The van der Waals surface area contributed by atoms with E-state index in [9.17, 15) is 9.90 Å². The van der Waals surface area contributed by atoms with Crippen LogP contribution in [0.5, 0.6) is 11.5 Å². The van der Waals surface area contributed by atoms with E-state index < -0.39 is 5.97 Å². The molecule has 1 N–H and O–H groups in total. The van der Waals surface area contributed by atoms with Crippen molar-refractivity contribution in [2.75, 3.05) is 51.3 Å². The van der Waals surface area contributed by atoms with Crippen LogP contribution in [-0.2, 0) is 4.74 Å². The van der Waals surface area contributed by atoms with E-state index in [1.165, 1.54) is 6.07 Å². The van der Waals surface area contributed by atoms with Crippen molar-refractivity contribution in [2.45, 2.75) is 6.42 Å². The number of anilines is 1. The standard InChI is InChI=1S/C21H26N2O4/c1-26-20-10-5-3-8-18(20)23-14-12-22(13-15-23)11-6-16-27-21(25)17-7-2-4-9-19(17)24/h2-5,7-10,24H,6,11-16H2,1H3. The summed E-state index contributed by atoms with van der Waals surface area (Å²) in [4.78, 5) is 16.7. The first-order chi connectivity index (χ1) is 13.2. The Morgan fingerprint density at radius 1 is 1.04 bits per heavy atom. The van der Waals surface area contributed by atoms with Gasteiger partial charge in [0.15, 0.2) is 0 Å². The van der Waals surface area contributed by atoms with Crippen LogP contribution in [0.25, 0.3) is 0 Å². The first-order valence-corrected chi connectivity index (χ1v) is 9.24. The minimum atomic E-state index is -0.478. The van der Waals surface area contributed by atoms with E-state index in [0.29, 0.717) is 6.61 Å². The topological polar surface area (TPSA) is 62.2 Å². The summed E-state index contributed by atoms with van der Waals surface area (Å²) >= 11 is 0. The lowest BCUT2D eigenvalue weighted by Crippen LogP contribution is -2.46. The summed E-state index contributed by atoms with van der Waals surface area (Å²) in [5.41, 5.74) is 1.35. The second kappa shape index (κ2) is 9.28. The summed E-state index contributed by atoms with van der Waals surface area (Å²) in [5, 5.41) is 9.67. The number of carbonyl (C=O) groups is 1. The summed E-state index contributed by atoms with van der Waals surface area (Å²) in [6.07, 6.45) is 0.772. The Labute approximate surface area is 159 Å². The van der Waals surface area contributed by atoms with Gasteiger partial charge in [0.1, 0.15) is 17.1 Å². The smallest absolute Gasteiger partial charge is 0.341 e. The van der Waals surface area contributed by atoms with E-state index >= 15 is 0 Å². The maximum Gasteiger partial charge on any atom is 0.341 e. The molecule has 1 aliphatic heterocycles. The molecule has 2 aromatic carbocycles. The largest absolute Gasteiger partial charge is 0.507 e. The van der Waals surface area contributed by atoms with Crippen LogP contribution in [0.2, 0.25) is 0 Å². The van der Waals surface area contributed by atoms with E-state index in [1.807, 2.05) is 18.2 Å². The normalized spacial score (nSPS) is 14.8. The molecule has 1 aliphatic rings.